The normalized spacial score (nSPS) is 11.2. The Kier molecular flexibility index (Phi) is 4.95. The molecule has 0 spiro atoms. The number of nitrogens with zero attached hydrogens (tertiary/aromatic N) is 2. The topological polar surface area (TPSA) is 28.1 Å². The minimum Gasteiger partial charge on any atom is -0.226 e. The zero-order valence-corrected chi connectivity index (χ0v) is 14.0. The maximum Gasteiger partial charge on any atom is 0.270 e. The van der Waals surface area contributed by atoms with Gasteiger partial charge in [-0.05, 0) is 34.4 Å². The summed E-state index contributed by atoms with van der Waals surface area (Å²) in [4.78, 5) is 3.40. The van der Waals surface area contributed by atoms with E-state index < -0.39 is 0 Å². The van der Waals surface area contributed by atoms with Gasteiger partial charge < -0.3 is 0 Å². The third-order valence-corrected chi connectivity index (χ3v) is 4.12. The summed E-state index contributed by atoms with van der Waals surface area (Å²) < 4.78 is 0. The van der Waals surface area contributed by atoms with Crippen molar-refractivity contribution in [2.45, 2.75) is 0 Å². The third-order valence-electron chi connectivity index (χ3n) is 3.87. The van der Waals surface area contributed by atoms with Gasteiger partial charge in [0.2, 0.25) is 0 Å². The van der Waals surface area contributed by atoms with Crippen molar-refractivity contribution in [2.24, 2.45) is 0 Å². The Hall–Kier alpha value is -3.33. The van der Waals surface area contributed by atoms with Crippen LogP contribution in [0.4, 0.5) is 0 Å². The molecule has 0 aliphatic heterocycles. The molecular weight excluding hydrogens is 328 g/mol. The highest BCUT2D eigenvalue weighted by atomic mass is 35.5. The molecule has 118 valence electrons. The molecule has 0 aliphatic rings. The van der Waals surface area contributed by atoms with Gasteiger partial charge in [0.15, 0.2) is 0 Å². The molecule has 0 atom stereocenters. The average Bonchev–Trinajstić information content (AvgIpc) is 2.68. The van der Waals surface area contributed by atoms with Crippen molar-refractivity contribution in [3.05, 3.63) is 112 Å². The molecule has 0 radical (unpaired) electrons. The second-order valence-electron chi connectivity index (χ2n) is 5.40. The van der Waals surface area contributed by atoms with Crippen LogP contribution in [0.25, 0.3) is 21.5 Å². The maximum absolute atomic E-state index is 9.36. The summed E-state index contributed by atoms with van der Waals surface area (Å²) >= 11 is 5.96. The van der Waals surface area contributed by atoms with Crippen LogP contribution in [0.15, 0.2) is 84.6 Å². The molecule has 3 heteroatoms. The Morgan fingerprint density at radius 3 is 1.84 bits per heavy atom. The van der Waals surface area contributed by atoms with Crippen LogP contribution in [0.5, 0.6) is 0 Å². The first-order valence-electron chi connectivity index (χ1n) is 7.66. The van der Waals surface area contributed by atoms with Gasteiger partial charge in [-0.25, -0.2) is 10.1 Å². The highest BCUT2D eigenvalue weighted by molar-refractivity contribution is 6.30. The van der Waals surface area contributed by atoms with E-state index in [1.165, 1.54) is 0 Å². The van der Waals surface area contributed by atoms with Gasteiger partial charge in [-0.1, -0.05) is 78.3 Å². The van der Waals surface area contributed by atoms with E-state index >= 15 is 0 Å². The molecular formula is C22H13ClN2. The predicted octanol–water partition coefficient (Wildman–Crippen LogP) is 6.21. The fraction of sp³-hybridized carbons (Fsp3) is 0. The molecule has 2 nitrogen and oxygen atoms in total. The first-order chi connectivity index (χ1) is 12.2. The third kappa shape index (κ3) is 3.61. The predicted molar refractivity (Wildman–Crippen MR) is 102 cm³/mol. The van der Waals surface area contributed by atoms with E-state index in [1.54, 1.807) is 12.1 Å². The van der Waals surface area contributed by atoms with Crippen molar-refractivity contribution < 1.29 is 0 Å². The largest absolute Gasteiger partial charge is 0.270 e. The molecule has 3 aromatic carbocycles. The van der Waals surface area contributed by atoms with Gasteiger partial charge >= 0.3 is 0 Å². The van der Waals surface area contributed by atoms with Gasteiger partial charge in [-0.3, -0.25) is 0 Å². The molecule has 0 N–H and O–H groups in total. The van der Waals surface area contributed by atoms with Crippen molar-refractivity contribution in [1.29, 1.82) is 5.26 Å². The fourth-order valence-corrected chi connectivity index (χ4v) is 2.78. The van der Waals surface area contributed by atoms with Gasteiger partial charge in [0.1, 0.15) is 0 Å². The van der Waals surface area contributed by atoms with E-state index in [-0.39, 0.29) is 5.70 Å². The molecule has 0 heterocycles. The molecule has 0 amide bonds. The minimum atomic E-state index is 0.0646. The number of benzene rings is 3. The molecule has 0 fully saturated rings. The Balaban J connectivity index is 2.09. The van der Waals surface area contributed by atoms with Gasteiger partial charge in [0.05, 0.1) is 12.6 Å². The van der Waals surface area contributed by atoms with E-state index in [9.17, 15) is 5.26 Å². The van der Waals surface area contributed by atoms with Gasteiger partial charge in [0.25, 0.3) is 5.70 Å². The standard InChI is InChI=1S/C22H13ClN2/c1-25-21(15-24)22(19-11-13-20(23)14-12-19)18-9-7-17(8-10-18)16-5-3-2-4-6-16/h2-14H. The molecule has 3 aromatic rings. The van der Waals surface area contributed by atoms with E-state index in [2.05, 4.69) is 4.85 Å². The number of hydrogen-bond donors (Lipinski definition) is 0. The lowest BCUT2D eigenvalue weighted by Crippen LogP contribution is -1.92. The highest BCUT2D eigenvalue weighted by Crippen LogP contribution is 2.30. The van der Waals surface area contributed by atoms with Crippen LogP contribution in [0.1, 0.15) is 11.1 Å². The van der Waals surface area contributed by atoms with Crippen molar-refractivity contribution in [1.82, 2.24) is 0 Å². The van der Waals surface area contributed by atoms with Crippen molar-refractivity contribution >= 4 is 17.2 Å². The van der Waals surface area contributed by atoms with Gasteiger partial charge in [-0.15, -0.1) is 0 Å². The molecule has 0 saturated carbocycles. The molecule has 0 unspecified atom stereocenters. The monoisotopic (exact) mass is 340 g/mol. The average molecular weight is 341 g/mol. The van der Waals surface area contributed by atoms with E-state index in [4.69, 9.17) is 18.2 Å². The molecule has 3 rings (SSSR count). The summed E-state index contributed by atoms with van der Waals surface area (Å²) in [6.45, 7) is 7.33. The summed E-state index contributed by atoms with van der Waals surface area (Å²) in [6, 6.07) is 27.1. The molecule has 0 saturated heterocycles. The quantitative estimate of drug-likeness (QED) is 0.411. The number of nitriles is 1. The second-order valence-corrected chi connectivity index (χ2v) is 5.83. The first kappa shape index (κ1) is 16.5. The van der Waals surface area contributed by atoms with Crippen LogP contribution in [0, 0.1) is 17.9 Å². The Morgan fingerprint density at radius 2 is 1.32 bits per heavy atom. The lowest BCUT2D eigenvalue weighted by atomic mass is 9.94. The van der Waals surface area contributed by atoms with Crippen molar-refractivity contribution in [3.63, 3.8) is 0 Å². The zero-order chi connectivity index (χ0) is 17.6. The fourth-order valence-electron chi connectivity index (χ4n) is 2.65. The van der Waals surface area contributed by atoms with E-state index in [0.29, 0.717) is 10.6 Å². The summed E-state index contributed by atoms with van der Waals surface area (Å²) in [5, 5.41) is 9.97. The summed E-state index contributed by atoms with van der Waals surface area (Å²) in [5.74, 6) is 0. The van der Waals surface area contributed by atoms with E-state index in [1.807, 2.05) is 72.8 Å². The SMILES string of the molecule is [C-]#[N+]C(C#N)=C(c1ccc(Cl)cc1)c1ccc(-c2ccccc2)cc1. The molecule has 0 bridgehead atoms. The van der Waals surface area contributed by atoms with Gasteiger partial charge in [-0.2, -0.15) is 0 Å². The van der Waals surface area contributed by atoms with E-state index in [0.717, 1.165) is 22.3 Å². The number of hydrogen-bond acceptors (Lipinski definition) is 1. The Labute approximate surface area is 152 Å². The number of rotatable bonds is 3. The lowest BCUT2D eigenvalue weighted by Gasteiger charge is -2.10. The molecule has 25 heavy (non-hydrogen) atoms. The first-order valence-corrected chi connectivity index (χ1v) is 8.04. The smallest absolute Gasteiger partial charge is 0.226 e. The molecule has 0 aromatic heterocycles. The van der Waals surface area contributed by atoms with Crippen LogP contribution in [0.3, 0.4) is 0 Å². The molecule has 0 aliphatic carbocycles. The van der Waals surface area contributed by atoms with Crippen LogP contribution < -0.4 is 0 Å². The number of halogens is 1. The maximum atomic E-state index is 9.36. The van der Waals surface area contributed by atoms with Gasteiger partial charge in [0, 0.05) is 10.6 Å². The highest BCUT2D eigenvalue weighted by Gasteiger charge is 2.12. The summed E-state index contributed by atoms with van der Waals surface area (Å²) in [6.07, 6.45) is 0. The van der Waals surface area contributed by atoms with Crippen LogP contribution >= 0.6 is 11.6 Å². The Bertz CT molecular complexity index is 971. The Morgan fingerprint density at radius 1 is 0.800 bits per heavy atom. The number of allylic oxidation sites excluding steroid dienone is 1. The van der Waals surface area contributed by atoms with Crippen LogP contribution in [-0.4, -0.2) is 0 Å². The summed E-state index contributed by atoms with van der Waals surface area (Å²) in [7, 11) is 0. The van der Waals surface area contributed by atoms with Crippen molar-refractivity contribution in [2.75, 3.05) is 0 Å². The minimum absolute atomic E-state index is 0.0646. The van der Waals surface area contributed by atoms with Crippen LogP contribution in [0.2, 0.25) is 5.02 Å². The van der Waals surface area contributed by atoms with Crippen molar-refractivity contribution in [3.8, 4) is 17.2 Å². The second kappa shape index (κ2) is 7.49. The lowest BCUT2D eigenvalue weighted by molar-refractivity contribution is 1.47. The van der Waals surface area contributed by atoms with Crippen LogP contribution in [-0.2, 0) is 0 Å². The zero-order valence-electron chi connectivity index (χ0n) is 13.3. The summed E-state index contributed by atoms with van der Waals surface area (Å²) in [5.41, 5.74) is 4.51.